The monoisotopic (exact) mass is 662 g/mol. The highest BCUT2D eigenvalue weighted by molar-refractivity contribution is 9.10. The van der Waals surface area contributed by atoms with Crippen LogP contribution in [0.4, 0.5) is 0 Å². The van der Waals surface area contributed by atoms with Gasteiger partial charge in [-0.3, -0.25) is 19.2 Å². The van der Waals surface area contributed by atoms with Crippen molar-refractivity contribution >= 4 is 39.8 Å². The molecule has 1 fully saturated rings. The maximum atomic E-state index is 12.4. The molecule has 0 unspecified atom stereocenters. The fraction of sp³-hybridized carbons (Fsp3) is 0.500. The lowest BCUT2D eigenvalue weighted by Gasteiger charge is -2.45. The van der Waals surface area contributed by atoms with Crippen molar-refractivity contribution in [3.63, 3.8) is 0 Å². The van der Waals surface area contributed by atoms with Gasteiger partial charge >= 0.3 is 23.9 Å². The van der Waals surface area contributed by atoms with Gasteiger partial charge < -0.3 is 28.4 Å². The molecule has 0 N–H and O–H groups in total. The van der Waals surface area contributed by atoms with Crippen LogP contribution in [0.1, 0.15) is 76.8 Å². The molecule has 1 heterocycles. The standard InChI is InChI=1S/C32H39BrO10/c1-8-22-9-11-23(12-10-22)13-24-14-25(27(15-26(24)33)39-17(2)3)29-31(41-20(6)36)32(42-21(7)37)30(40-19(5)35)28(43-29)16-38-18(4)34/h9-12,14-15,17,28-32H,8,13,16H2,1-7H3/t28-,29+,30-,31+,32+/m1/s1. The van der Waals surface area contributed by atoms with E-state index in [1.165, 1.54) is 33.3 Å². The van der Waals surface area contributed by atoms with E-state index in [-0.39, 0.29) is 12.7 Å². The van der Waals surface area contributed by atoms with Crippen molar-refractivity contribution in [1.82, 2.24) is 0 Å². The topological polar surface area (TPSA) is 124 Å². The van der Waals surface area contributed by atoms with Crippen molar-refractivity contribution < 1.29 is 47.6 Å². The summed E-state index contributed by atoms with van der Waals surface area (Å²) in [5.41, 5.74) is 3.70. The summed E-state index contributed by atoms with van der Waals surface area (Å²) >= 11 is 3.68. The Morgan fingerprint density at radius 1 is 0.814 bits per heavy atom. The van der Waals surface area contributed by atoms with E-state index >= 15 is 0 Å². The highest BCUT2D eigenvalue weighted by atomic mass is 79.9. The first-order valence-electron chi connectivity index (χ1n) is 14.2. The van der Waals surface area contributed by atoms with Gasteiger partial charge in [-0.25, -0.2) is 0 Å². The molecule has 0 radical (unpaired) electrons. The SMILES string of the molecule is CCc1ccc(Cc2cc([C@@H]3O[C@H](COC(C)=O)[C@@H](OC(C)=O)[C@H](OC(C)=O)[C@H]3OC(C)=O)c(OC(C)C)cc2Br)cc1. The van der Waals surface area contributed by atoms with Crippen LogP contribution in [-0.2, 0) is 55.7 Å². The minimum Gasteiger partial charge on any atom is -0.491 e. The molecule has 0 aliphatic carbocycles. The third-order valence-corrected chi connectivity index (χ3v) is 7.40. The smallest absolute Gasteiger partial charge is 0.303 e. The molecule has 43 heavy (non-hydrogen) atoms. The van der Waals surface area contributed by atoms with Gasteiger partial charge in [-0.15, -0.1) is 0 Å². The van der Waals surface area contributed by atoms with Crippen molar-refractivity contribution in [3.05, 3.63) is 63.1 Å². The minimum atomic E-state index is -1.29. The molecule has 2 aromatic rings. The van der Waals surface area contributed by atoms with Crippen LogP contribution in [0.3, 0.4) is 0 Å². The molecular weight excluding hydrogens is 624 g/mol. The first kappa shape index (κ1) is 34.1. The highest BCUT2D eigenvalue weighted by Crippen LogP contribution is 2.43. The Kier molecular flexibility index (Phi) is 12.1. The second-order valence-electron chi connectivity index (χ2n) is 10.6. The number of hydrogen-bond donors (Lipinski definition) is 0. The van der Waals surface area contributed by atoms with E-state index < -0.39 is 54.4 Å². The van der Waals surface area contributed by atoms with Crippen LogP contribution in [0, 0.1) is 0 Å². The second kappa shape index (κ2) is 15.3. The molecule has 11 heteroatoms. The molecule has 2 aromatic carbocycles. The first-order chi connectivity index (χ1) is 20.3. The van der Waals surface area contributed by atoms with E-state index in [9.17, 15) is 19.2 Å². The number of aryl methyl sites for hydroxylation is 1. The molecule has 5 atom stereocenters. The summed E-state index contributed by atoms with van der Waals surface area (Å²) in [6.07, 6.45) is -4.66. The number of hydrogen-bond acceptors (Lipinski definition) is 10. The molecule has 0 bridgehead atoms. The van der Waals surface area contributed by atoms with Crippen LogP contribution < -0.4 is 4.74 Å². The van der Waals surface area contributed by atoms with Crippen LogP contribution in [0.2, 0.25) is 0 Å². The lowest BCUT2D eigenvalue weighted by atomic mass is 9.88. The molecule has 0 amide bonds. The second-order valence-corrected chi connectivity index (χ2v) is 11.5. The van der Waals surface area contributed by atoms with Crippen molar-refractivity contribution in [2.24, 2.45) is 0 Å². The van der Waals surface area contributed by atoms with Crippen molar-refractivity contribution in [2.75, 3.05) is 6.61 Å². The van der Waals surface area contributed by atoms with Gasteiger partial charge in [-0.05, 0) is 55.5 Å². The van der Waals surface area contributed by atoms with E-state index in [1.54, 1.807) is 0 Å². The van der Waals surface area contributed by atoms with Gasteiger partial charge in [0.25, 0.3) is 0 Å². The summed E-state index contributed by atoms with van der Waals surface area (Å²) in [5, 5.41) is 0. The van der Waals surface area contributed by atoms with Crippen molar-refractivity contribution in [1.29, 1.82) is 0 Å². The van der Waals surface area contributed by atoms with E-state index in [0.29, 0.717) is 17.7 Å². The van der Waals surface area contributed by atoms with Crippen molar-refractivity contribution in [2.45, 2.75) is 97.9 Å². The zero-order valence-corrected chi connectivity index (χ0v) is 27.1. The third kappa shape index (κ3) is 9.53. The Balaban J connectivity index is 2.20. The number of halogens is 1. The quantitative estimate of drug-likeness (QED) is 0.235. The third-order valence-electron chi connectivity index (χ3n) is 6.66. The van der Waals surface area contributed by atoms with Crippen LogP contribution in [-0.4, -0.2) is 61.0 Å². The van der Waals surface area contributed by atoms with Gasteiger partial charge in [0.05, 0.1) is 6.10 Å². The summed E-state index contributed by atoms with van der Waals surface area (Å²) in [5.74, 6) is -2.21. The van der Waals surface area contributed by atoms with E-state index in [1.807, 2.05) is 26.0 Å². The van der Waals surface area contributed by atoms with Gasteiger partial charge in [0.2, 0.25) is 0 Å². The fourth-order valence-corrected chi connectivity index (χ4v) is 5.39. The number of benzene rings is 2. The predicted molar refractivity (Wildman–Crippen MR) is 159 cm³/mol. The minimum absolute atomic E-state index is 0.233. The molecule has 1 aliphatic heterocycles. The number of esters is 4. The van der Waals surface area contributed by atoms with Gasteiger partial charge in [-0.2, -0.15) is 0 Å². The Morgan fingerprint density at radius 2 is 1.37 bits per heavy atom. The highest BCUT2D eigenvalue weighted by Gasteiger charge is 2.53. The molecule has 1 aliphatic rings. The van der Waals surface area contributed by atoms with Crippen LogP contribution in [0.25, 0.3) is 0 Å². The van der Waals surface area contributed by atoms with E-state index in [2.05, 4.69) is 47.1 Å². The van der Waals surface area contributed by atoms with Gasteiger partial charge in [0, 0.05) is 37.7 Å². The largest absolute Gasteiger partial charge is 0.491 e. The average molecular weight is 664 g/mol. The lowest BCUT2D eigenvalue weighted by Crippen LogP contribution is -2.59. The molecule has 3 rings (SSSR count). The fourth-order valence-electron chi connectivity index (χ4n) is 4.92. The van der Waals surface area contributed by atoms with E-state index in [0.717, 1.165) is 22.0 Å². The maximum Gasteiger partial charge on any atom is 0.303 e. The molecule has 10 nitrogen and oxygen atoms in total. The molecule has 234 valence electrons. The predicted octanol–water partition coefficient (Wildman–Crippen LogP) is 5.19. The Morgan fingerprint density at radius 3 is 1.91 bits per heavy atom. The van der Waals surface area contributed by atoms with Gasteiger partial charge in [0.1, 0.15) is 24.6 Å². The summed E-state index contributed by atoms with van der Waals surface area (Å²) in [6.45, 7) is 10.3. The van der Waals surface area contributed by atoms with Gasteiger partial charge in [-0.1, -0.05) is 47.1 Å². The van der Waals surface area contributed by atoms with Crippen LogP contribution >= 0.6 is 15.9 Å². The molecule has 0 spiro atoms. The van der Waals surface area contributed by atoms with Gasteiger partial charge in [0.15, 0.2) is 18.3 Å². The molecule has 0 aromatic heterocycles. The normalized spacial score (nSPS) is 21.6. The van der Waals surface area contributed by atoms with Crippen LogP contribution in [0.15, 0.2) is 40.9 Å². The Labute approximate surface area is 260 Å². The van der Waals surface area contributed by atoms with E-state index in [4.69, 9.17) is 28.4 Å². The Hall–Kier alpha value is -3.44. The summed E-state index contributed by atoms with van der Waals surface area (Å²) in [4.78, 5) is 48.5. The number of carbonyl (C=O) groups is 4. The Bertz CT molecular complexity index is 1310. The van der Waals surface area contributed by atoms with Crippen molar-refractivity contribution in [3.8, 4) is 5.75 Å². The molecular formula is C32H39BrO10. The van der Waals surface area contributed by atoms with Crippen LogP contribution in [0.5, 0.6) is 5.75 Å². The number of rotatable bonds is 11. The zero-order chi connectivity index (χ0) is 31.8. The average Bonchev–Trinajstić information content (AvgIpc) is 2.91. The zero-order valence-electron chi connectivity index (χ0n) is 25.5. The number of carbonyl (C=O) groups excluding carboxylic acids is 4. The summed E-state index contributed by atoms with van der Waals surface area (Å²) in [7, 11) is 0. The summed E-state index contributed by atoms with van der Waals surface area (Å²) in [6, 6.07) is 12.0. The first-order valence-corrected chi connectivity index (χ1v) is 15.0. The lowest BCUT2D eigenvalue weighted by molar-refractivity contribution is -0.254. The molecule has 1 saturated heterocycles. The number of ether oxygens (including phenoxy) is 6. The maximum absolute atomic E-state index is 12.4. The molecule has 0 saturated carbocycles. The summed E-state index contributed by atoms with van der Waals surface area (Å²) < 4.78 is 35.5.